The Morgan fingerprint density at radius 2 is 1.45 bits per heavy atom. The molecule has 0 N–H and O–H groups in total. The summed E-state index contributed by atoms with van der Waals surface area (Å²) in [6, 6.07) is 12.0. The Morgan fingerprint density at radius 1 is 0.800 bits per heavy atom. The molecule has 1 aromatic heterocycles. The van der Waals surface area contributed by atoms with Crippen molar-refractivity contribution in [2.75, 3.05) is 0 Å². The lowest BCUT2D eigenvalue weighted by atomic mass is 10.0. The van der Waals surface area contributed by atoms with Gasteiger partial charge in [0.25, 0.3) is 0 Å². The van der Waals surface area contributed by atoms with Crippen LogP contribution in [0.3, 0.4) is 0 Å². The van der Waals surface area contributed by atoms with Crippen LogP contribution in [0.4, 0.5) is 8.78 Å². The van der Waals surface area contributed by atoms with E-state index in [1.807, 2.05) is 32.0 Å². The molecule has 2 aromatic carbocycles. The van der Waals surface area contributed by atoms with Crippen LogP contribution in [-0.2, 0) is 0 Å². The number of hydrogen-bond acceptors (Lipinski definition) is 1. The van der Waals surface area contributed by atoms with Crippen molar-refractivity contribution >= 4 is 10.9 Å². The van der Waals surface area contributed by atoms with Gasteiger partial charge >= 0.3 is 0 Å². The van der Waals surface area contributed by atoms with Gasteiger partial charge in [-0.3, -0.25) is 0 Å². The quantitative estimate of drug-likeness (QED) is 0.618. The van der Waals surface area contributed by atoms with Crippen LogP contribution in [-0.4, -0.2) is 4.98 Å². The SMILES string of the molecule is Cc1cc(C)cc(-c2ccc3cc(F)c(F)cc3n2)c1. The molecule has 0 amide bonds. The first-order chi connectivity index (χ1) is 9.52. The van der Waals surface area contributed by atoms with E-state index in [2.05, 4.69) is 11.1 Å². The van der Waals surface area contributed by atoms with Gasteiger partial charge in [-0.2, -0.15) is 0 Å². The van der Waals surface area contributed by atoms with Crippen molar-refractivity contribution in [1.29, 1.82) is 0 Å². The molecule has 3 aromatic rings. The Labute approximate surface area is 115 Å². The zero-order chi connectivity index (χ0) is 14.3. The van der Waals surface area contributed by atoms with Crippen LogP contribution in [0.5, 0.6) is 0 Å². The lowest BCUT2D eigenvalue weighted by molar-refractivity contribution is 0.510. The number of benzene rings is 2. The van der Waals surface area contributed by atoms with Crippen LogP contribution in [0.25, 0.3) is 22.2 Å². The second-order valence-corrected chi connectivity index (χ2v) is 5.03. The highest BCUT2D eigenvalue weighted by atomic mass is 19.2. The molecule has 0 bridgehead atoms. The molecule has 0 spiro atoms. The number of aromatic nitrogens is 1. The van der Waals surface area contributed by atoms with Crippen LogP contribution < -0.4 is 0 Å². The number of pyridine rings is 1. The minimum absolute atomic E-state index is 0.459. The summed E-state index contributed by atoms with van der Waals surface area (Å²) in [5, 5.41) is 0.594. The van der Waals surface area contributed by atoms with Gasteiger partial charge in [-0.25, -0.2) is 13.8 Å². The van der Waals surface area contributed by atoms with Gasteiger partial charge in [0.2, 0.25) is 0 Å². The molecule has 0 aliphatic rings. The third-order valence-electron chi connectivity index (χ3n) is 3.25. The molecule has 0 unspecified atom stereocenters. The van der Waals surface area contributed by atoms with Gasteiger partial charge in [-0.05, 0) is 38.1 Å². The van der Waals surface area contributed by atoms with Crippen molar-refractivity contribution in [3.63, 3.8) is 0 Å². The Balaban J connectivity index is 2.19. The molecule has 3 heteroatoms. The monoisotopic (exact) mass is 269 g/mol. The number of hydrogen-bond donors (Lipinski definition) is 0. The van der Waals surface area contributed by atoms with Gasteiger partial charge < -0.3 is 0 Å². The van der Waals surface area contributed by atoms with Gasteiger partial charge in [0, 0.05) is 17.0 Å². The predicted molar refractivity (Wildman–Crippen MR) is 76.6 cm³/mol. The minimum atomic E-state index is -0.873. The molecule has 0 aliphatic carbocycles. The Kier molecular flexibility index (Phi) is 2.97. The van der Waals surface area contributed by atoms with Crippen molar-refractivity contribution in [2.24, 2.45) is 0 Å². The number of aryl methyl sites for hydroxylation is 2. The van der Waals surface area contributed by atoms with E-state index in [1.165, 1.54) is 6.07 Å². The van der Waals surface area contributed by atoms with Gasteiger partial charge in [0.15, 0.2) is 11.6 Å². The number of halogens is 2. The summed E-state index contributed by atoms with van der Waals surface area (Å²) in [6.07, 6.45) is 0. The highest BCUT2D eigenvalue weighted by molar-refractivity contribution is 5.81. The summed E-state index contributed by atoms with van der Waals surface area (Å²) in [6.45, 7) is 4.04. The van der Waals surface area contributed by atoms with E-state index in [-0.39, 0.29) is 0 Å². The summed E-state index contributed by atoms with van der Waals surface area (Å²) < 4.78 is 26.5. The summed E-state index contributed by atoms with van der Waals surface area (Å²) in [5.74, 6) is -1.72. The fraction of sp³-hybridized carbons (Fsp3) is 0.118. The third-order valence-corrected chi connectivity index (χ3v) is 3.25. The van der Waals surface area contributed by atoms with E-state index in [4.69, 9.17) is 0 Å². The maximum atomic E-state index is 13.3. The van der Waals surface area contributed by atoms with E-state index < -0.39 is 11.6 Å². The second kappa shape index (κ2) is 4.67. The molecule has 0 fully saturated rings. The van der Waals surface area contributed by atoms with Crippen molar-refractivity contribution in [3.8, 4) is 11.3 Å². The summed E-state index contributed by atoms with van der Waals surface area (Å²) in [7, 11) is 0. The van der Waals surface area contributed by atoms with Gasteiger partial charge in [0.05, 0.1) is 11.2 Å². The second-order valence-electron chi connectivity index (χ2n) is 5.03. The van der Waals surface area contributed by atoms with E-state index in [1.54, 1.807) is 6.07 Å². The molecule has 1 heterocycles. The van der Waals surface area contributed by atoms with Crippen LogP contribution >= 0.6 is 0 Å². The van der Waals surface area contributed by atoms with Gasteiger partial charge in [-0.1, -0.05) is 23.3 Å². The van der Waals surface area contributed by atoms with Crippen molar-refractivity contribution in [1.82, 2.24) is 4.98 Å². The molecular formula is C17H13F2N. The molecule has 20 heavy (non-hydrogen) atoms. The summed E-state index contributed by atoms with van der Waals surface area (Å²) >= 11 is 0. The Morgan fingerprint density at radius 3 is 2.15 bits per heavy atom. The van der Waals surface area contributed by atoms with Crippen molar-refractivity contribution < 1.29 is 8.78 Å². The standard InChI is InChI=1S/C17H13F2N/c1-10-5-11(2)7-13(6-10)16-4-3-12-8-14(18)15(19)9-17(12)20-16/h3-9H,1-2H3. The first-order valence-corrected chi connectivity index (χ1v) is 6.37. The molecule has 0 aliphatic heterocycles. The van der Waals surface area contributed by atoms with Crippen LogP contribution in [0.15, 0.2) is 42.5 Å². The minimum Gasteiger partial charge on any atom is -0.248 e. The number of rotatable bonds is 1. The maximum Gasteiger partial charge on any atom is 0.161 e. The van der Waals surface area contributed by atoms with E-state index in [0.717, 1.165) is 28.5 Å². The lowest BCUT2D eigenvalue weighted by Gasteiger charge is -2.06. The van der Waals surface area contributed by atoms with Crippen molar-refractivity contribution in [3.05, 3.63) is 65.2 Å². The zero-order valence-corrected chi connectivity index (χ0v) is 11.2. The molecule has 100 valence electrons. The lowest BCUT2D eigenvalue weighted by Crippen LogP contribution is -1.90. The zero-order valence-electron chi connectivity index (χ0n) is 11.2. The molecule has 3 rings (SSSR count). The van der Waals surface area contributed by atoms with E-state index >= 15 is 0 Å². The van der Waals surface area contributed by atoms with Crippen molar-refractivity contribution in [2.45, 2.75) is 13.8 Å². The molecule has 0 saturated heterocycles. The van der Waals surface area contributed by atoms with Crippen LogP contribution in [0.2, 0.25) is 0 Å². The van der Waals surface area contributed by atoms with Crippen LogP contribution in [0, 0.1) is 25.5 Å². The molecule has 0 radical (unpaired) electrons. The number of nitrogens with zero attached hydrogens (tertiary/aromatic N) is 1. The molecular weight excluding hydrogens is 256 g/mol. The predicted octanol–water partition coefficient (Wildman–Crippen LogP) is 4.80. The topological polar surface area (TPSA) is 12.9 Å². The van der Waals surface area contributed by atoms with E-state index in [0.29, 0.717) is 10.9 Å². The summed E-state index contributed by atoms with van der Waals surface area (Å²) in [5.41, 5.74) is 4.49. The van der Waals surface area contributed by atoms with Gasteiger partial charge in [-0.15, -0.1) is 0 Å². The number of fused-ring (bicyclic) bond motifs is 1. The average molecular weight is 269 g/mol. The molecule has 0 saturated carbocycles. The first kappa shape index (κ1) is 12.7. The highest BCUT2D eigenvalue weighted by Gasteiger charge is 2.07. The summed E-state index contributed by atoms with van der Waals surface area (Å²) in [4.78, 5) is 4.42. The highest BCUT2D eigenvalue weighted by Crippen LogP contribution is 2.24. The van der Waals surface area contributed by atoms with Crippen LogP contribution in [0.1, 0.15) is 11.1 Å². The molecule has 1 nitrogen and oxygen atoms in total. The smallest absolute Gasteiger partial charge is 0.161 e. The molecule has 0 atom stereocenters. The average Bonchev–Trinajstić information content (AvgIpc) is 2.38. The van der Waals surface area contributed by atoms with Gasteiger partial charge in [0.1, 0.15) is 0 Å². The Hall–Kier alpha value is -2.29. The first-order valence-electron chi connectivity index (χ1n) is 6.37. The maximum absolute atomic E-state index is 13.3. The Bertz CT molecular complexity index is 789. The fourth-order valence-corrected chi connectivity index (χ4v) is 2.40. The fourth-order valence-electron chi connectivity index (χ4n) is 2.40. The normalized spacial score (nSPS) is 11.0. The van der Waals surface area contributed by atoms with E-state index in [9.17, 15) is 8.78 Å². The largest absolute Gasteiger partial charge is 0.248 e. The third kappa shape index (κ3) is 2.27.